The fraction of sp³-hybridized carbons (Fsp3) is 0.688. The second-order valence-electron chi connectivity index (χ2n) is 4.83. The lowest BCUT2D eigenvalue weighted by Gasteiger charge is -2.08. The standard InChI is InChI=1S/C16H26O7/c1-4-5-6-7-8-21-9-10-22-15(18)12-23-16(19)13(2)11-14(17)20-3/h2,4-12H2,1,3H3. The van der Waals surface area contributed by atoms with Gasteiger partial charge >= 0.3 is 17.9 Å². The molecule has 0 unspecified atom stereocenters. The molecule has 0 aliphatic rings. The van der Waals surface area contributed by atoms with Crippen molar-refractivity contribution in [1.82, 2.24) is 0 Å². The molecule has 23 heavy (non-hydrogen) atoms. The summed E-state index contributed by atoms with van der Waals surface area (Å²) in [5, 5.41) is 0. The number of hydrogen-bond donors (Lipinski definition) is 0. The molecule has 0 aromatic heterocycles. The van der Waals surface area contributed by atoms with Gasteiger partial charge in [0.05, 0.1) is 20.1 Å². The van der Waals surface area contributed by atoms with E-state index in [1.807, 2.05) is 0 Å². The molecule has 0 heterocycles. The summed E-state index contributed by atoms with van der Waals surface area (Å²) in [6, 6.07) is 0. The number of esters is 3. The molecule has 7 heteroatoms. The lowest BCUT2D eigenvalue weighted by atomic mass is 10.2. The molecule has 0 aromatic carbocycles. The molecular formula is C16H26O7. The van der Waals surface area contributed by atoms with Crippen LogP contribution in [-0.2, 0) is 33.3 Å². The van der Waals surface area contributed by atoms with Crippen LogP contribution < -0.4 is 0 Å². The van der Waals surface area contributed by atoms with Crippen molar-refractivity contribution in [3.05, 3.63) is 12.2 Å². The Balaban J connectivity index is 3.61. The number of carbonyl (C=O) groups is 3. The van der Waals surface area contributed by atoms with Gasteiger partial charge in [-0.2, -0.15) is 0 Å². The van der Waals surface area contributed by atoms with Crippen molar-refractivity contribution in [2.45, 2.75) is 39.0 Å². The Morgan fingerprint density at radius 3 is 2.30 bits per heavy atom. The van der Waals surface area contributed by atoms with Gasteiger partial charge in [0, 0.05) is 12.2 Å². The second kappa shape index (κ2) is 13.8. The minimum absolute atomic E-state index is 0.0833. The minimum Gasteiger partial charge on any atom is -0.469 e. The smallest absolute Gasteiger partial charge is 0.344 e. The molecule has 0 saturated carbocycles. The fourth-order valence-electron chi connectivity index (χ4n) is 1.53. The summed E-state index contributed by atoms with van der Waals surface area (Å²) in [5.74, 6) is -2.12. The van der Waals surface area contributed by atoms with E-state index in [9.17, 15) is 14.4 Å². The van der Waals surface area contributed by atoms with Crippen LogP contribution in [0.25, 0.3) is 0 Å². The molecule has 7 nitrogen and oxygen atoms in total. The summed E-state index contributed by atoms with van der Waals surface area (Å²) >= 11 is 0. The van der Waals surface area contributed by atoms with Crippen LogP contribution in [0.1, 0.15) is 39.0 Å². The summed E-state index contributed by atoms with van der Waals surface area (Å²) < 4.78 is 19.2. The van der Waals surface area contributed by atoms with Gasteiger partial charge in [-0.3, -0.25) is 4.79 Å². The maximum atomic E-state index is 11.4. The first-order chi connectivity index (χ1) is 11.0. The SMILES string of the molecule is C=C(CC(=O)OC)C(=O)OCC(=O)OCCOCCCCCC. The van der Waals surface area contributed by atoms with Crippen LogP contribution in [0.3, 0.4) is 0 Å². The third-order valence-corrected chi connectivity index (χ3v) is 2.83. The van der Waals surface area contributed by atoms with Crippen LogP contribution in [0, 0.1) is 0 Å². The van der Waals surface area contributed by atoms with Crippen LogP contribution in [0.15, 0.2) is 12.2 Å². The molecule has 0 amide bonds. The van der Waals surface area contributed by atoms with E-state index in [-0.39, 0.29) is 18.6 Å². The first-order valence-electron chi connectivity index (χ1n) is 7.66. The van der Waals surface area contributed by atoms with Gasteiger partial charge in [0.1, 0.15) is 6.61 Å². The Hall–Kier alpha value is -1.89. The number of ether oxygens (including phenoxy) is 4. The number of rotatable bonds is 13. The van der Waals surface area contributed by atoms with Crippen LogP contribution in [-0.4, -0.2) is 51.4 Å². The van der Waals surface area contributed by atoms with Gasteiger partial charge in [0.15, 0.2) is 6.61 Å². The highest BCUT2D eigenvalue weighted by atomic mass is 16.6. The summed E-state index contributed by atoms with van der Waals surface area (Å²) in [6.45, 7) is 6.04. The van der Waals surface area contributed by atoms with Crippen molar-refractivity contribution in [3.63, 3.8) is 0 Å². The largest absolute Gasteiger partial charge is 0.469 e. The molecule has 0 rings (SSSR count). The van der Waals surface area contributed by atoms with Crippen molar-refractivity contribution < 1.29 is 33.3 Å². The van der Waals surface area contributed by atoms with E-state index < -0.39 is 24.5 Å². The Bertz CT molecular complexity index is 390. The molecular weight excluding hydrogens is 304 g/mol. The topological polar surface area (TPSA) is 88.1 Å². The normalized spacial score (nSPS) is 10.0. The number of methoxy groups -OCH3 is 1. The van der Waals surface area contributed by atoms with Gasteiger partial charge in [0.2, 0.25) is 0 Å². The predicted octanol–water partition coefficient (Wildman–Crippen LogP) is 1.79. The highest BCUT2D eigenvalue weighted by Crippen LogP contribution is 2.02. The van der Waals surface area contributed by atoms with Gasteiger partial charge in [-0.1, -0.05) is 32.8 Å². The molecule has 0 spiro atoms. The number of hydrogen-bond acceptors (Lipinski definition) is 7. The van der Waals surface area contributed by atoms with Gasteiger partial charge in [0.25, 0.3) is 0 Å². The predicted molar refractivity (Wildman–Crippen MR) is 82.7 cm³/mol. The van der Waals surface area contributed by atoms with Gasteiger partial charge in [-0.05, 0) is 6.42 Å². The monoisotopic (exact) mass is 330 g/mol. The molecule has 0 fully saturated rings. The Morgan fingerprint density at radius 1 is 0.913 bits per heavy atom. The average Bonchev–Trinajstić information content (AvgIpc) is 2.54. The van der Waals surface area contributed by atoms with Crippen molar-refractivity contribution in [1.29, 1.82) is 0 Å². The first kappa shape index (κ1) is 21.1. The quantitative estimate of drug-likeness (QED) is 0.220. The average molecular weight is 330 g/mol. The van der Waals surface area contributed by atoms with E-state index in [1.165, 1.54) is 20.0 Å². The molecule has 0 saturated heterocycles. The van der Waals surface area contributed by atoms with Crippen molar-refractivity contribution in [3.8, 4) is 0 Å². The zero-order valence-electron chi connectivity index (χ0n) is 13.9. The third kappa shape index (κ3) is 12.3. The molecule has 0 N–H and O–H groups in total. The van der Waals surface area contributed by atoms with Gasteiger partial charge < -0.3 is 18.9 Å². The van der Waals surface area contributed by atoms with E-state index in [0.717, 1.165) is 12.8 Å². The fourth-order valence-corrected chi connectivity index (χ4v) is 1.53. The molecule has 0 aliphatic heterocycles. The first-order valence-corrected chi connectivity index (χ1v) is 7.66. The molecule has 0 radical (unpaired) electrons. The highest BCUT2D eigenvalue weighted by Gasteiger charge is 2.15. The highest BCUT2D eigenvalue weighted by molar-refractivity contribution is 5.94. The van der Waals surface area contributed by atoms with Crippen LogP contribution in [0.5, 0.6) is 0 Å². The number of carbonyl (C=O) groups excluding carboxylic acids is 3. The van der Waals surface area contributed by atoms with E-state index >= 15 is 0 Å². The van der Waals surface area contributed by atoms with Crippen molar-refractivity contribution in [2.75, 3.05) is 33.5 Å². The second-order valence-corrected chi connectivity index (χ2v) is 4.83. The minimum atomic E-state index is -0.834. The van der Waals surface area contributed by atoms with E-state index in [4.69, 9.17) is 9.47 Å². The van der Waals surface area contributed by atoms with E-state index in [2.05, 4.69) is 23.0 Å². The maximum Gasteiger partial charge on any atom is 0.344 e. The molecule has 0 aromatic rings. The zero-order valence-corrected chi connectivity index (χ0v) is 13.9. The Morgan fingerprint density at radius 2 is 1.65 bits per heavy atom. The van der Waals surface area contributed by atoms with Crippen LogP contribution in [0.4, 0.5) is 0 Å². The molecule has 0 aliphatic carbocycles. The maximum absolute atomic E-state index is 11.4. The van der Waals surface area contributed by atoms with Crippen LogP contribution in [0.2, 0.25) is 0 Å². The summed E-state index contributed by atoms with van der Waals surface area (Å²) in [4.78, 5) is 33.7. The molecule has 132 valence electrons. The Labute approximate surface area is 136 Å². The third-order valence-electron chi connectivity index (χ3n) is 2.83. The van der Waals surface area contributed by atoms with E-state index in [0.29, 0.717) is 13.2 Å². The molecule has 0 bridgehead atoms. The summed E-state index contributed by atoms with van der Waals surface area (Å²) in [7, 11) is 1.20. The van der Waals surface area contributed by atoms with Crippen molar-refractivity contribution in [2.24, 2.45) is 0 Å². The van der Waals surface area contributed by atoms with Crippen LogP contribution >= 0.6 is 0 Å². The summed E-state index contributed by atoms with van der Waals surface area (Å²) in [5.41, 5.74) is -0.0833. The number of unbranched alkanes of at least 4 members (excludes halogenated alkanes) is 3. The lowest BCUT2D eigenvalue weighted by Crippen LogP contribution is -2.20. The van der Waals surface area contributed by atoms with Crippen molar-refractivity contribution >= 4 is 17.9 Å². The Kier molecular flexibility index (Phi) is 12.6. The lowest BCUT2D eigenvalue weighted by molar-refractivity contribution is -0.158. The van der Waals surface area contributed by atoms with Gasteiger partial charge in [-0.25, -0.2) is 9.59 Å². The molecule has 0 atom stereocenters. The summed E-state index contributed by atoms with van der Waals surface area (Å²) in [6.07, 6.45) is 4.19. The van der Waals surface area contributed by atoms with Gasteiger partial charge in [-0.15, -0.1) is 0 Å². The zero-order chi connectivity index (χ0) is 17.5. The van der Waals surface area contributed by atoms with E-state index in [1.54, 1.807) is 0 Å².